The summed E-state index contributed by atoms with van der Waals surface area (Å²) in [6.07, 6.45) is 1.84. The molecule has 0 atom stereocenters. The SMILES string of the molecule is CC(=O)N1CCN(c2cccc(Nc3ncc4cccc(-c5ccc(N)cc5)c4n3)c2)CC1. The van der Waals surface area contributed by atoms with Crippen molar-refractivity contribution in [3.63, 3.8) is 0 Å². The molecule has 7 nitrogen and oxygen atoms in total. The number of benzene rings is 3. The predicted octanol–water partition coefficient (Wildman–Crippen LogP) is 4.29. The van der Waals surface area contributed by atoms with Crippen LogP contribution in [0.3, 0.4) is 0 Å². The normalized spacial score (nSPS) is 13.8. The van der Waals surface area contributed by atoms with Gasteiger partial charge in [-0.1, -0.05) is 36.4 Å². The molecule has 0 bridgehead atoms. The minimum atomic E-state index is 0.136. The Morgan fingerprint density at radius 3 is 2.48 bits per heavy atom. The molecule has 5 rings (SSSR count). The van der Waals surface area contributed by atoms with Crippen molar-refractivity contribution in [1.29, 1.82) is 0 Å². The summed E-state index contributed by atoms with van der Waals surface area (Å²) >= 11 is 0. The quantitative estimate of drug-likeness (QED) is 0.462. The largest absolute Gasteiger partial charge is 0.399 e. The molecule has 0 saturated carbocycles. The Kier molecular flexibility index (Phi) is 5.52. The van der Waals surface area contributed by atoms with E-state index in [1.165, 1.54) is 0 Å². The van der Waals surface area contributed by atoms with E-state index in [4.69, 9.17) is 10.7 Å². The van der Waals surface area contributed by atoms with Gasteiger partial charge in [0.25, 0.3) is 0 Å². The number of nitrogens with two attached hydrogens (primary N) is 1. The van der Waals surface area contributed by atoms with Gasteiger partial charge in [-0.05, 0) is 35.9 Å². The summed E-state index contributed by atoms with van der Waals surface area (Å²) in [4.78, 5) is 25.1. The molecule has 0 aliphatic carbocycles. The van der Waals surface area contributed by atoms with Crippen molar-refractivity contribution in [2.24, 2.45) is 0 Å². The molecule has 1 amide bonds. The average Bonchev–Trinajstić information content (AvgIpc) is 2.84. The van der Waals surface area contributed by atoms with Crippen molar-refractivity contribution in [1.82, 2.24) is 14.9 Å². The van der Waals surface area contributed by atoms with Gasteiger partial charge in [-0.25, -0.2) is 9.97 Å². The third-order valence-electron chi connectivity index (χ3n) is 6.02. The Labute approximate surface area is 192 Å². The molecule has 1 aromatic heterocycles. The summed E-state index contributed by atoms with van der Waals surface area (Å²) in [5.41, 5.74) is 11.6. The number of nitrogens with one attached hydrogen (secondary N) is 1. The zero-order valence-electron chi connectivity index (χ0n) is 18.5. The maximum atomic E-state index is 11.6. The van der Waals surface area contributed by atoms with Crippen molar-refractivity contribution in [2.75, 3.05) is 42.1 Å². The standard InChI is InChI=1S/C26H26N6O/c1-18(33)31-12-14-32(15-13-31)23-6-3-5-22(16-23)29-26-28-17-20-4-2-7-24(25(20)30-26)19-8-10-21(27)11-9-19/h2-11,16-17H,12-15,27H2,1H3,(H,28,29,30). The van der Waals surface area contributed by atoms with E-state index in [9.17, 15) is 4.79 Å². The lowest BCUT2D eigenvalue weighted by molar-refractivity contribution is -0.129. The fourth-order valence-corrected chi connectivity index (χ4v) is 4.20. The third kappa shape index (κ3) is 4.43. The van der Waals surface area contributed by atoms with Crippen LogP contribution in [0.1, 0.15) is 6.92 Å². The first-order chi connectivity index (χ1) is 16.1. The molecule has 33 heavy (non-hydrogen) atoms. The predicted molar refractivity (Wildman–Crippen MR) is 134 cm³/mol. The number of anilines is 4. The van der Waals surface area contributed by atoms with E-state index >= 15 is 0 Å². The fraction of sp³-hybridized carbons (Fsp3) is 0.192. The second kappa shape index (κ2) is 8.78. The Balaban J connectivity index is 1.40. The highest BCUT2D eigenvalue weighted by molar-refractivity contribution is 5.94. The molecule has 4 aromatic rings. The smallest absolute Gasteiger partial charge is 0.227 e. The van der Waals surface area contributed by atoms with Crippen molar-refractivity contribution >= 4 is 39.8 Å². The van der Waals surface area contributed by atoms with Gasteiger partial charge in [0.05, 0.1) is 5.52 Å². The van der Waals surface area contributed by atoms with Crippen LogP contribution in [0, 0.1) is 0 Å². The van der Waals surface area contributed by atoms with Crippen LogP contribution >= 0.6 is 0 Å². The monoisotopic (exact) mass is 438 g/mol. The minimum absolute atomic E-state index is 0.136. The van der Waals surface area contributed by atoms with Crippen LogP contribution in [-0.2, 0) is 4.79 Å². The molecule has 3 aromatic carbocycles. The lowest BCUT2D eigenvalue weighted by atomic mass is 10.0. The van der Waals surface area contributed by atoms with Crippen LogP contribution in [0.25, 0.3) is 22.0 Å². The number of nitrogen functional groups attached to an aromatic ring is 1. The van der Waals surface area contributed by atoms with Crippen LogP contribution in [0.15, 0.2) is 72.9 Å². The molecular weight excluding hydrogens is 412 g/mol. The van der Waals surface area contributed by atoms with E-state index in [0.29, 0.717) is 5.95 Å². The summed E-state index contributed by atoms with van der Waals surface area (Å²) in [5.74, 6) is 0.681. The molecule has 0 unspecified atom stereocenters. The second-order valence-electron chi connectivity index (χ2n) is 8.23. The Morgan fingerprint density at radius 2 is 1.73 bits per heavy atom. The Morgan fingerprint density at radius 1 is 0.970 bits per heavy atom. The number of hydrogen-bond acceptors (Lipinski definition) is 6. The number of amides is 1. The van der Waals surface area contributed by atoms with Crippen molar-refractivity contribution in [3.05, 3.63) is 72.9 Å². The van der Waals surface area contributed by atoms with Crippen LogP contribution < -0.4 is 16.0 Å². The molecule has 1 fully saturated rings. The number of hydrogen-bond donors (Lipinski definition) is 2. The van der Waals surface area contributed by atoms with Gasteiger partial charge in [0.15, 0.2) is 0 Å². The minimum Gasteiger partial charge on any atom is -0.399 e. The number of carbonyl (C=O) groups is 1. The number of fused-ring (bicyclic) bond motifs is 1. The van der Waals surface area contributed by atoms with E-state index in [1.54, 1.807) is 6.92 Å². The van der Waals surface area contributed by atoms with Crippen molar-refractivity contribution < 1.29 is 4.79 Å². The second-order valence-corrected chi connectivity index (χ2v) is 8.23. The molecule has 0 spiro atoms. The molecule has 2 heterocycles. The van der Waals surface area contributed by atoms with E-state index in [1.807, 2.05) is 59.6 Å². The van der Waals surface area contributed by atoms with Gasteiger partial charge in [-0.3, -0.25) is 4.79 Å². The third-order valence-corrected chi connectivity index (χ3v) is 6.02. The van der Waals surface area contributed by atoms with Crippen LogP contribution in [0.2, 0.25) is 0 Å². The number of para-hydroxylation sites is 1. The summed E-state index contributed by atoms with van der Waals surface area (Å²) < 4.78 is 0. The van der Waals surface area contributed by atoms with Crippen LogP contribution in [0.4, 0.5) is 23.0 Å². The average molecular weight is 439 g/mol. The lowest BCUT2D eigenvalue weighted by Gasteiger charge is -2.35. The first kappa shape index (κ1) is 20.8. The van der Waals surface area contributed by atoms with E-state index < -0.39 is 0 Å². The first-order valence-electron chi connectivity index (χ1n) is 11.1. The number of carbonyl (C=O) groups excluding carboxylic acids is 1. The molecule has 1 saturated heterocycles. The molecule has 166 valence electrons. The summed E-state index contributed by atoms with van der Waals surface area (Å²) in [6.45, 7) is 4.76. The zero-order chi connectivity index (χ0) is 22.8. The number of rotatable bonds is 4. The maximum Gasteiger partial charge on any atom is 0.227 e. The van der Waals surface area contributed by atoms with Gasteiger partial charge in [0.2, 0.25) is 11.9 Å². The highest BCUT2D eigenvalue weighted by Crippen LogP contribution is 2.29. The van der Waals surface area contributed by atoms with Crippen molar-refractivity contribution in [2.45, 2.75) is 6.92 Å². The van der Waals surface area contributed by atoms with E-state index in [-0.39, 0.29) is 5.91 Å². The Bertz CT molecular complexity index is 1300. The topological polar surface area (TPSA) is 87.4 Å². The highest BCUT2D eigenvalue weighted by atomic mass is 16.2. The van der Waals surface area contributed by atoms with E-state index in [0.717, 1.165) is 65.3 Å². The number of aromatic nitrogens is 2. The molecule has 7 heteroatoms. The molecule has 1 aliphatic heterocycles. The van der Waals surface area contributed by atoms with Gasteiger partial charge >= 0.3 is 0 Å². The van der Waals surface area contributed by atoms with Gasteiger partial charge in [-0.2, -0.15) is 0 Å². The van der Waals surface area contributed by atoms with Gasteiger partial charge in [0.1, 0.15) is 0 Å². The lowest BCUT2D eigenvalue weighted by Crippen LogP contribution is -2.48. The summed E-state index contributed by atoms with van der Waals surface area (Å²) in [5, 5.41) is 4.34. The zero-order valence-corrected chi connectivity index (χ0v) is 18.5. The van der Waals surface area contributed by atoms with Gasteiger partial charge < -0.3 is 20.9 Å². The van der Waals surface area contributed by atoms with Crippen molar-refractivity contribution in [3.8, 4) is 11.1 Å². The fourth-order valence-electron chi connectivity index (χ4n) is 4.20. The molecule has 1 aliphatic rings. The molecule has 3 N–H and O–H groups in total. The van der Waals surface area contributed by atoms with E-state index in [2.05, 4.69) is 33.4 Å². The van der Waals surface area contributed by atoms with Gasteiger partial charge in [-0.15, -0.1) is 0 Å². The number of piperazine rings is 1. The molecular formula is C26H26N6O. The highest BCUT2D eigenvalue weighted by Gasteiger charge is 2.19. The number of nitrogens with zero attached hydrogens (tertiary/aromatic N) is 4. The first-order valence-corrected chi connectivity index (χ1v) is 11.1. The summed E-state index contributed by atoms with van der Waals surface area (Å²) in [6, 6.07) is 22.1. The van der Waals surface area contributed by atoms with Crippen LogP contribution in [-0.4, -0.2) is 47.0 Å². The molecule has 0 radical (unpaired) electrons. The van der Waals surface area contributed by atoms with Crippen LogP contribution in [0.5, 0.6) is 0 Å². The Hall–Kier alpha value is -4.13. The summed E-state index contributed by atoms with van der Waals surface area (Å²) in [7, 11) is 0. The maximum absolute atomic E-state index is 11.6. The van der Waals surface area contributed by atoms with Gasteiger partial charge in [0, 0.05) is 67.3 Å².